The summed E-state index contributed by atoms with van der Waals surface area (Å²) < 4.78 is 5.90. The molecule has 1 aliphatic carbocycles. The maximum Gasteiger partial charge on any atom is 0.333 e. The van der Waals surface area contributed by atoms with Crippen molar-refractivity contribution in [3.8, 4) is 0 Å². The normalized spacial score (nSPS) is 21.2. The van der Waals surface area contributed by atoms with Gasteiger partial charge in [0.25, 0.3) is 0 Å². The maximum absolute atomic E-state index is 12.2. The van der Waals surface area contributed by atoms with E-state index >= 15 is 0 Å². The average molecular weight is 336 g/mol. The molecule has 132 valence electrons. The van der Waals surface area contributed by atoms with E-state index in [1.54, 1.807) is 6.92 Å². The fourth-order valence-electron chi connectivity index (χ4n) is 4.07. The molecule has 1 saturated carbocycles. The quantitative estimate of drug-likeness (QED) is 0.462. The Morgan fingerprint density at radius 3 is 2.60 bits per heavy atom. The van der Waals surface area contributed by atoms with Crippen LogP contribution in [-0.4, -0.2) is 5.97 Å². The van der Waals surface area contributed by atoms with E-state index in [0.717, 1.165) is 17.9 Å². The monoisotopic (exact) mass is 336 g/mol. The Labute approximate surface area is 150 Å². The lowest BCUT2D eigenvalue weighted by Crippen LogP contribution is -2.15. The minimum absolute atomic E-state index is 0.198. The lowest BCUT2D eigenvalue weighted by atomic mass is 9.91. The number of fused-ring (bicyclic) bond motifs is 1. The van der Waals surface area contributed by atoms with Gasteiger partial charge in [0, 0.05) is 11.1 Å². The maximum atomic E-state index is 12.2. The molecule has 0 saturated heterocycles. The van der Waals surface area contributed by atoms with Crippen molar-refractivity contribution in [3.05, 3.63) is 60.2 Å². The largest absolute Gasteiger partial charge is 0.454 e. The van der Waals surface area contributed by atoms with Crippen LogP contribution in [0.15, 0.2) is 54.6 Å². The molecule has 1 aliphatic rings. The first-order valence-corrected chi connectivity index (χ1v) is 9.42. The van der Waals surface area contributed by atoms with Crippen LogP contribution in [0.5, 0.6) is 0 Å². The number of benzene rings is 2. The molecular weight excluding hydrogens is 308 g/mol. The van der Waals surface area contributed by atoms with Gasteiger partial charge in [-0.3, -0.25) is 0 Å². The minimum Gasteiger partial charge on any atom is -0.454 e. The molecule has 0 aromatic heterocycles. The van der Waals surface area contributed by atoms with Gasteiger partial charge in [-0.05, 0) is 42.4 Å². The Kier molecular flexibility index (Phi) is 5.57. The minimum atomic E-state index is -0.289. The van der Waals surface area contributed by atoms with E-state index in [9.17, 15) is 4.79 Å². The lowest BCUT2D eigenvalue weighted by molar-refractivity contribution is -0.145. The van der Waals surface area contributed by atoms with Crippen LogP contribution in [0.1, 0.15) is 57.6 Å². The number of rotatable bonds is 6. The van der Waals surface area contributed by atoms with Crippen LogP contribution in [-0.2, 0) is 9.53 Å². The third-order valence-electron chi connectivity index (χ3n) is 5.54. The van der Waals surface area contributed by atoms with Gasteiger partial charge in [-0.1, -0.05) is 75.2 Å². The highest BCUT2D eigenvalue weighted by Gasteiger charge is 2.29. The van der Waals surface area contributed by atoms with Gasteiger partial charge >= 0.3 is 5.97 Å². The second kappa shape index (κ2) is 7.86. The Balaban J connectivity index is 1.90. The summed E-state index contributed by atoms with van der Waals surface area (Å²) in [7, 11) is 0. The van der Waals surface area contributed by atoms with Crippen molar-refractivity contribution in [2.45, 2.75) is 52.1 Å². The Morgan fingerprint density at radius 1 is 1.16 bits per heavy atom. The van der Waals surface area contributed by atoms with Crippen LogP contribution < -0.4 is 0 Å². The van der Waals surface area contributed by atoms with Crippen molar-refractivity contribution in [2.75, 3.05) is 0 Å². The first-order chi connectivity index (χ1) is 12.1. The molecule has 2 aromatic carbocycles. The topological polar surface area (TPSA) is 26.3 Å². The number of ether oxygens (including phenoxy) is 1. The summed E-state index contributed by atoms with van der Waals surface area (Å²) in [5.74, 6) is 1.17. The third kappa shape index (κ3) is 4.12. The molecule has 0 bridgehead atoms. The molecule has 2 heteroatoms. The van der Waals surface area contributed by atoms with Gasteiger partial charge in [0.15, 0.2) is 0 Å². The van der Waals surface area contributed by atoms with Crippen molar-refractivity contribution in [1.82, 2.24) is 0 Å². The van der Waals surface area contributed by atoms with E-state index in [-0.39, 0.29) is 12.1 Å². The third-order valence-corrected chi connectivity index (χ3v) is 5.54. The first-order valence-electron chi connectivity index (χ1n) is 9.42. The summed E-state index contributed by atoms with van der Waals surface area (Å²) in [6, 6.07) is 14.6. The van der Waals surface area contributed by atoms with Crippen LogP contribution in [0.25, 0.3) is 10.8 Å². The molecule has 0 spiro atoms. The zero-order chi connectivity index (χ0) is 17.8. The van der Waals surface area contributed by atoms with Gasteiger partial charge in [0.2, 0.25) is 0 Å². The standard InChI is InChI=1S/C23H28O2/c1-4-17-12-13-18(14-17)15-22(25-23(24)16(2)3)21-11-7-9-19-8-5-6-10-20(19)21/h5-11,17-18,22H,2,4,12-15H2,1,3H3. The molecule has 0 N–H and O–H groups in total. The fourth-order valence-corrected chi connectivity index (χ4v) is 4.07. The number of carbonyl (C=O) groups is 1. The zero-order valence-electron chi connectivity index (χ0n) is 15.3. The van der Waals surface area contributed by atoms with Gasteiger partial charge in [-0.15, -0.1) is 0 Å². The van der Waals surface area contributed by atoms with Crippen LogP contribution >= 0.6 is 0 Å². The van der Waals surface area contributed by atoms with Crippen molar-refractivity contribution in [3.63, 3.8) is 0 Å². The molecular formula is C23H28O2. The van der Waals surface area contributed by atoms with Gasteiger partial charge in [-0.25, -0.2) is 4.79 Å². The average Bonchev–Trinajstić information content (AvgIpc) is 3.08. The molecule has 2 nitrogen and oxygen atoms in total. The first kappa shape index (κ1) is 17.7. The Morgan fingerprint density at radius 2 is 1.88 bits per heavy atom. The molecule has 3 rings (SSSR count). The number of hydrogen-bond acceptors (Lipinski definition) is 2. The predicted molar refractivity (Wildman–Crippen MR) is 103 cm³/mol. The van der Waals surface area contributed by atoms with E-state index in [0.29, 0.717) is 11.5 Å². The number of carbonyl (C=O) groups excluding carboxylic acids is 1. The second-order valence-corrected chi connectivity index (χ2v) is 7.43. The van der Waals surface area contributed by atoms with Crippen LogP contribution in [0, 0.1) is 11.8 Å². The van der Waals surface area contributed by atoms with Gasteiger partial charge in [0.05, 0.1) is 0 Å². The number of hydrogen-bond donors (Lipinski definition) is 0. The molecule has 0 amide bonds. The van der Waals surface area contributed by atoms with E-state index in [1.807, 2.05) is 12.1 Å². The highest BCUT2D eigenvalue weighted by Crippen LogP contribution is 2.40. The molecule has 3 unspecified atom stereocenters. The van der Waals surface area contributed by atoms with Crippen LogP contribution in [0.4, 0.5) is 0 Å². The Hall–Kier alpha value is -2.09. The van der Waals surface area contributed by atoms with E-state index in [2.05, 4.69) is 43.8 Å². The van der Waals surface area contributed by atoms with Gasteiger partial charge in [0.1, 0.15) is 6.10 Å². The van der Waals surface area contributed by atoms with Crippen molar-refractivity contribution >= 4 is 16.7 Å². The van der Waals surface area contributed by atoms with Crippen LogP contribution in [0.2, 0.25) is 0 Å². The molecule has 0 aliphatic heterocycles. The summed E-state index contributed by atoms with van der Waals surface area (Å²) in [5, 5.41) is 2.36. The fraction of sp³-hybridized carbons (Fsp3) is 0.435. The second-order valence-electron chi connectivity index (χ2n) is 7.43. The predicted octanol–water partition coefficient (Wildman–Crippen LogP) is 6.22. The highest BCUT2D eigenvalue weighted by atomic mass is 16.5. The van der Waals surface area contributed by atoms with E-state index in [4.69, 9.17) is 4.74 Å². The summed E-state index contributed by atoms with van der Waals surface area (Å²) in [4.78, 5) is 12.2. The summed E-state index contributed by atoms with van der Waals surface area (Å²) in [6.45, 7) is 7.73. The van der Waals surface area contributed by atoms with Gasteiger partial charge < -0.3 is 4.74 Å². The van der Waals surface area contributed by atoms with Crippen molar-refractivity contribution < 1.29 is 9.53 Å². The van der Waals surface area contributed by atoms with Gasteiger partial charge in [-0.2, -0.15) is 0 Å². The highest BCUT2D eigenvalue weighted by molar-refractivity contribution is 5.89. The zero-order valence-corrected chi connectivity index (χ0v) is 15.3. The van der Waals surface area contributed by atoms with E-state index < -0.39 is 0 Å². The molecule has 0 radical (unpaired) electrons. The van der Waals surface area contributed by atoms with Crippen molar-refractivity contribution in [1.29, 1.82) is 0 Å². The molecule has 2 aromatic rings. The Bertz CT molecular complexity index is 756. The summed E-state index contributed by atoms with van der Waals surface area (Å²) in [6.07, 6.45) is 5.76. The molecule has 3 atom stereocenters. The lowest BCUT2D eigenvalue weighted by Gasteiger charge is -2.23. The summed E-state index contributed by atoms with van der Waals surface area (Å²) >= 11 is 0. The number of esters is 1. The van der Waals surface area contributed by atoms with E-state index in [1.165, 1.54) is 36.5 Å². The molecule has 25 heavy (non-hydrogen) atoms. The van der Waals surface area contributed by atoms with Crippen molar-refractivity contribution in [2.24, 2.45) is 11.8 Å². The summed E-state index contributed by atoms with van der Waals surface area (Å²) in [5.41, 5.74) is 1.58. The molecule has 0 heterocycles. The smallest absolute Gasteiger partial charge is 0.333 e. The molecule has 1 fully saturated rings. The van der Waals surface area contributed by atoms with Crippen LogP contribution in [0.3, 0.4) is 0 Å². The SMILES string of the molecule is C=C(C)C(=O)OC(CC1CCC(CC)C1)c1cccc2ccccc12.